The number of benzene rings is 3. The Balaban J connectivity index is 1.67. The van der Waals surface area contributed by atoms with Gasteiger partial charge in [-0.1, -0.05) is 72.8 Å². The van der Waals surface area contributed by atoms with Crippen molar-refractivity contribution in [2.75, 3.05) is 0 Å². The molecule has 0 aromatic heterocycles. The van der Waals surface area contributed by atoms with Crippen molar-refractivity contribution in [3.63, 3.8) is 0 Å². The number of hydrazone groups is 1. The molecule has 0 saturated carbocycles. The third-order valence-electron chi connectivity index (χ3n) is 3.42. The van der Waals surface area contributed by atoms with Crippen LogP contribution < -0.4 is 5.43 Å². The van der Waals surface area contributed by atoms with Crippen molar-refractivity contribution in [2.24, 2.45) is 5.10 Å². The molecule has 0 radical (unpaired) electrons. The minimum atomic E-state index is -0.123. The number of carbonyl (C=O) groups excluding carboxylic acids is 1. The first-order chi connectivity index (χ1) is 10.8. The molecule has 1 amide bonds. The second-order valence-electron chi connectivity index (χ2n) is 5.02. The van der Waals surface area contributed by atoms with Gasteiger partial charge in [0, 0.05) is 5.56 Å². The lowest BCUT2D eigenvalue weighted by molar-refractivity contribution is -0.120. The zero-order valence-corrected chi connectivity index (χ0v) is 12.1. The van der Waals surface area contributed by atoms with Gasteiger partial charge in [0.15, 0.2) is 0 Å². The Kier molecular flexibility index (Phi) is 4.25. The molecule has 0 aliphatic heterocycles. The fourth-order valence-electron chi connectivity index (χ4n) is 2.36. The number of rotatable bonds is 4. The molecule has 0 saturated heterocycles. The minimum Gasteiger partial charge on any atom is -0.273 e. The summed E-state index contributed by atoms with van der Waals surface area (Å²) in [7, 11) is 0. The van der Waals surface area contributed by atoms with E-state index in [1.165, 1.54) is 0 Å². The van der Waals surface area contributed by atoms with Crippen LogP contribution in [0.15, 0.2) is 77.9 Å². The molecule has 108 valence electrons. The van der Waals surface area contributed by atoms with Crippen molar-refractivity contribution in [2.45, 2.75) is 6.42 Å². The average Bonchev–Trinajstić information content (AvgIpc) is 2.56. The fraction of sp³-hybridized carbons (Fsp3) is 0.0526. The zero-order chi connectivity index (χ0) is 15.2. The average molecular weight is 288 g/mol. The normalized spacial score (nSPS) is 10.9. The standard InChI is InChI=1S/C19H16N2O/c22-19(13-15-7-2-1-3-8-15)21-20-14-17-11-6-10-16-9-4-5-12-18(16)17/h1-12,14H,13H2,(H,21,22)/b20-14+. The Labute approximate surface area is 129 Å². The number of carbonyl (C=O) groups is 1. The summed E-state index contributed by atoms with van der Waals surface area (Å²) in [5, 5.41) is 6.33. The van der Waals surface area contributed by atoms with Crippen LogP contribution in [0.1, 0.15) is 11.1 Å². The summed E-state index contributed by atoms with van der Waals surface area (Å²) in [5.74, 6) is -0.123. The van der Waals surface area contributed by atoms with E-state index >= 15 is 0 Å². The van der Waals surface area contributed by atoms with Crippen molar-refractivity contribution in [3.05, 3.63) is 83.9 Å². The van der Waals surface area contributed by atoms with E-state index < -0.39 is 0 Å². The highest BCUT2D eigenvalue weighted by Crippen LogP contribution is 2.16. The van der Waals surface area contributed by atoms with Gasteiger partial charge in [-0.2, -0.15) is 5.10 Å². The molecule has 3 heteroatoms. The summed E-state index contributed by atoms with van der Waals surface area (Å²) in [6.07, 6.45) is 2.01. The monoisotopic (exact) mass is 288 g/mol. The number of fused-ring (bicyclic) bond motifs is 1. The van der Waals surface area contributed by atoms with Crippen molar-refractivity contribution in [1.82, 2.24) is 5.43 Å². The van der Waals surface area contributed by atoms with Crippen LogP contribution in [-0.4, -0.2) is 12.1 Å². The van der Waals surface area contributed by atoms with Crippen LogP contribution in [0.2, 0.25) is 0 Å². The minimum absolute atomic E-state index is 0.123. The lowest BCUT2D eigenvalue weighted by Crippen LogP contribution is -2.19. The molecule has 0 bridgehead atoms. The summed E-state index contributed by atoms with van der Waals surface area (Å²) in [6, 6.07) is 23.7. The van der Waals surface area contributed by atoms with E-state index in [1.807, 2.05) is 60.7 Å². The molecule has 0 fully saturated rings. The number of nitrogens with zero attached hydrogens (tertiary/aromatic N) is 1. The Morgan fingerprint density at radius 3 is 2.50 bits per heavy atom. The lowest BCUT2D eigenvalue weighted by atomic mass is 10.1. The van der Waals surface area contributed by atoms with E-state index in [1.54, 1.807) is 6.21 Å². The van der Waals surface area contributed by atoms with Gasteiger partial charge in [0.05, 0.1) is 12.6 Å². The predicted molar refractivity (Wildman–Crippen MR) is 89.8 cm³/mol. The van der Waals surface area contributed by atoms with Crippen molar-refractivity contribution < 1.29 is 4.79 Å². The van der Waals surface area contributed by atoms with Crippen molar-refractivity contribution in [1.29, 1.82) is 0 Å². The van der Waals surface area contributed by atoms with Crippen LogP contribution in [-0.2, 0) is 11.2 Å². The first kappa shape index (κ1) is 14.0. The fourth-order valence-corrected chi connectivity index (χ4v) is 2.36. The molecule has 0 aliphatic carbocycles. The van der Waals surface area contributed by atoms with Crippen LogP contribution in [0.5, 0.6) is 0 Å². The molecule has 22 heavy (non-hydrogen) atoms. The van der Waals surface area contributed by atoms with Crippen molar-refractivity contribution >= 4 is 22.9 Å². The molecular weight excluding hydrogens is 272 g/mol. The van der Waals surface area contributed by atoms with E-state index in [9.17, 15) is 4.79 Å². The van der Waals surface area contributed by atoms with E-state index in [-0.39, 0.29) is 5.91 Å². The molecule has 3 rings (SSSR count). The molecule has 1 N–H and O–H groups in total. The maximum atomic E-state index is 11.8. The van der Waals surface area contributed by atoms with Crippen LogP contribution in [0.25, 0.3) is 10.8 Å². The molecule has 0 aliphatic rings. The molecule has 0 spiro atoms. The molecule has 0 unspecified atom stereocenters. The van der Waals surface area contributed by atoms with Crippen LogP contribution in [0, 0.1) is 0 Å². The lowest BCUT2D eigenvalue weighted by Gasteiger charge is -2.02. The van der Waals surface area contributed by atoms with E-state index in [2.05, 4.69) is 22.7 Å². The number of hydrogen-bond acceptors (Lipinski definition) is 2. The number of hydrogen-bond donors (Lipinski definition) is 1. The molecule has 0 heterocycles. The third-order valence-corrected chi connectivity index (χ3v) is 3.42. The van der Waals surface area contributed by atoms with Gasteiger partial charge < -0.3 is 0 Å². The first-order valence-corrected chi connectivity index (χ1v) is 7.16. The summed E-state index contributed by atoms with van der Waals surface area (Å²) in [4.78, 5) is 11.8. The molecule has 0 atom stereocenters. The van der Waals surface area contributed by atoms with E-state index in [0.717, 1.165) is 21.9 Å². The summed E-state index contributed by atoms with van der Waals surface area (Å²) in [6.45, 7) is 0. The quantitative estimate of drug-likeness (QED) is 0.579. The number of nitrogens with one attached hydrogen (secondary N) is 1. The smallest absolute Gasteiger partial charge is 0.244 e. The maximum absolute atomic E-state index is 11.8. The van der Waals surface area contributed by atoms with Gasteiger partial charge in [0.2, 0.25) is 5.91 Å². The van der Waals surface area contributed by atoms with Crippen molar-refractivity contribution in [3.8, 4) is 0 Å². The van der Waals surface area contributed by atoms with Gasteiger partial charge in [-0.3, -0.25) is 4.79 Å². The van der Waals surface area contributed by atoms with E-state index in [4.69, 9.17) is 0 Å². The molecular formula is C19H16N2O. The van der Waals surface area contributed by atoms with Crippen LogP contribution in [0.4, 0.5) is 0 Å². The van der Waals surface area contributed by atoms with Gasteiger partial charge in [-0.15, -0.1) is 0 Å². The Morgan fingerprint density at radius 2 is 1.64 bits per heavy atom. The SMILES string of the molecule is O=C(Cc1ccccc1)N/N=C/c1cccc2ccccc12. The first-order valence-electron chi connectivity index (χ1n) is 7.16. The largest absolute Gasteiger partial charge is 0.273 e. The Morgan fingerprint density at radius 1 is 0.909 bits per heavy atom. The molecule has 3 aromatic rings. The topological polar surface area (TPSA) is 41.5 Å². The maximum Gasteiger partial charge on any atom is 0.244 e. The summed E-state index contributed by atoms with van der Waals surface area (Å²) < 4.78 is 0. The zero-order valence-electron chi connectivity index (χ0n) is 12.1. The Bertz CT molecular complexity index is 805. The van der Waals surface area contributed by atoms with Gasteiger partial charge in [0.1, 0.15) is 0 Å². The highest BCUT2D eigenvalue weighted by molar-refractivity contribution is 5.99. The van der Waals surface area contributed by atoms with Gasteiger partial charge in [-0.05, 0) is 16.3 Å². The number of amides is 1. The van der Waals surface area contributed by atoms with Crippen LogP contribution in [0.3, 0.4) is 0 Å². The third kappa shape index (κ3) is 3.38. The van der Waals surface area contributed by atoms with Gasteiger partial charge in [0.25, 0.3) is 0 Å². The molecule has 3 nitrogen and oxygen atoms in total. The highest BCUT2D eigenvalue weighted by Gasteiger charge is 2.01. The highest BCUT2D eigenvalue weighted by atomic mass is 16.2. The summed E-state index contributed by atoms with van der Waals surface area (Å²) >= 11 is 0. The molecule has 3 aromatic carbocycles. The van der Waals surface area contributed by atoms with Gasteiger partial charge in [-0.25, -0.2) is 5.43 Å². The predicted octanol–water partition coefficient (Wildman–Crippen LogP) is 3.53. The second kappa shape index (κ2) is 6.68. The van der Waals surface area contributed by atoms with Crippen LogP contribution >= 0.6 is 0 Å². The second-order valence-corrected chi connectivity index (χ2v) is 5.02. The van der Waals surface area contributed by atoms with E-state index in [0.29, 0.717) is 6.42 Å². The summed E-state index contributed by atoms with van der Waals surface area (Å²) in [5.41, 5.74) is 4.53. The van der Waals surface area contributed by atoms with Gasteiger partial charge >= 0.3 is 0 Å². The Hall–Kier alpha value is -2.94.